The van der Waals surface area contributed by atoms with Crippen LogP contribution in [0.1, 0.15) is 13.8 Å². The lowest BCUT2D eigenvalue weighted by atomic mass is 10.0. The molecule has 0 saturated carbocycles. The van der Waals surface area contributed by atoms with Crippen LogP contribution in [0.2, 0.25) is 0 Å². The highest BCUT2D eigenvalue weighted by Crippen LogP contribution is 2.25. The molecule has 3 heterocycles. The second-order valence-corrected chi connectivity index (χ2v) is 7.76. The monoisotopic (exact) mass is 453 g/mol. The lowest BCUT2D eigenvalue weighted by molar-refractivity contribution is -0.105. The van der Waals surface area contributed by atoms with Crippen molar-refractivity contribution < 1.29 is 18.7 Å². The van der Waals surface area contributed by atoms with Gasteiger partial charge in [-0.15, -0.1) is 0 Å². The topological polar surface area (TPSA) is 125 Å². The van der Waals surface area contributed by atoms with Crippen LogP contribution in [0, 0.1) is 23.1 Å². The van der Waals surface area contributed by atoms with Crippen LogP contribution in [0.4, 0.5) is 20.6 Å². The highest BCUT2D eigenvalue weighted by atomic mass is 19.1. The first kappa shape index (κ1) is 23.6. The van der Waals surface area contributed by atoms with Crippen molar-refractivity contribution in [1.82, 2.24) is 19.3 Å². The van der Waals surface area contributed by atoms with E-state index in [2.05, 4.69) is 31.6 Å². The molecule has 2 N–H and O–H groups in total. The minimum atomic E-state index is -0.597. The molecule has 1 fully saturated rings. The van der Waals surface area contributed by atoms with E-state index in [-0.39, 0.29) is 11.7 Å². The third kappa shape index (κ3) is 6.24. The fraction of sp³-hybridized carbons (Fsp3) is 0.318. The summed E-state index contributed by atoms with van der Waals surface area (Å²) in [6.07, 6.45) is 4.25. The number of fused-ring (bicyclic) bond motifs is 1. The van der Waals surface area contributed by atoms with E-state index >= 15 is 0 Å². The number of aromatic nitrogens is 3. The van der Waals surface area contributed by atoms with Crippen LogP contribution in [0.25, 0.3) is 17.0 Å². The molecule has 1 aromatic carbocycles. The third-order valence-corrected chi connectivity index (χ3v) is 4.61. The van der Waals surface area contributed by atoms with Crippen LogP contribution in [0.5, 0.6) is 0 Å². The van der Waals surface area contributed by atoms with Gasteiger partial charge in [0.05, 0.1) is 35.7 Å². The van der Waals surface area contributed by atoms with E-state index in [0.29, 0.717) is 35.2 Å². The molecule has 0 aliphatic carbocycles. The van der Waals surface area contributed by atoms with Crippen LogP contribution in [-0.4, -0.2) is 58.0 Å². The first-order valence-corrected chi connectivity index (χ1v) is 10.2. The van der Waals surface area contributed by atoms with E-state index in [0.717, 1.165) is 13.1 Å². The molecule has 3 aromatic rings. The second kappa shape index (κ2) is 10.5. The quantitative estimate of drug-likeness (QED) is 0.569. The van der Waals surface area contributed by atoms with Gasteiger partial charge in [0.2, 0.25) is 12.2 Å². The lowest BCUT2D eigenvalue weighted by Crippen LogP contribution is -2.42. The minimum Gasteiger partial charge on any atom is -0.447 e. The zero-order chi connectivity index (χ0) is 24.0. The minimum absolute atomic E-state index is 0.219. The van der Waals surface area contributed by atoms with Gasteiger partial charge in [0, 0.05) is 36.7 Å². The molecule has 0 radical (unpaired) electrons. The molecule has 0 spiro atoms. The van der Waals surface area contributed by atoms with Crippen LogP contribution in [0.3, 0.4) is 0 Å². The number of amides is 2. The summed E-state index contributed by atoms with van der Waals surface area (Å²) < 4.78 is 20.7. The predicted octanol–water partition coefficient (Wildman–Crippen LogP) is 3.13. The molecule has 0 atom stereocenters. The number of nitrogens with one attached hydrogen (secondary N) is 2. The first-order chi connectivity index (χ1) is 15.8. The number of anilines is 2. The summed E-state index contributed by atoms with van der Waals surface area (Å²) in [5.74, 6) is 0.171. The number of nitrogens with zero attached hydrogens (tertiary/aromatic N) is 5. The SMILES string of the molecule is CC(C)OC(=O)Nc1cnc2nc(-c3cc(NC=O)ccc3F)cn2c1.CN1CC(C#N)C1. The smallest absolute Gasteiger partial charge is 0.411 e. The highest BCUT2D eigenvalue weighted by molar-refractivity contribution is 5.84. The summed E-state index contributed by atoms with van der Waals surface area (Å²) in [6.45, 7) is 5.42. The van der Waals surface area contributed by atoms with E-state index < -0.39 is 11.9 Å². The average molecular weight is 453 g/mol. The normalized spacial score (nSPS) is 13.5. The van der Waals surface area contributed by atoms with Crippen molar-refractivity contribution in [3.8, 4) is 17.3 Å². The maximum Gasteiger partial charge on any atom is 0.411 e. The number of rotatable bonds is 5. The molecule has 2 aromatic heterocycles. The highest BCUT2D eigenvalue weighted by Gasteiger charge is 2.21. The van der Waals surface area contributed by atoms with Gasteiger partial charge in [-0.05, 0) is 39.1 Å². The zero-order valence-electron chi connectivity index (χ0n) is 18.4. The number of halogens is 1. The lowest BCUT2D eigenvalue weighted by Gasteiger charge is -2.30. The van der Waals surface area contributed by atoms with Gasteiger partial charge in [-0.1, -0.05) is 0 Å². The number of ether oxygens (including phenoxy) is 1. The Morgan fingerprint density at radius 3 is 2.70 bits per heavy atom. The van der Waals surface area contributed by atoms with Gasteiger partial charge in [0.25, 0.3) is 0 Å². The summed E-state index contributed by atoms with van der Waals surface area (Å²) >= 11 is 0. The van der Waals surface area contributed by atoms with Crippen molar-refractivity contribution in [2.45, 2.75) is 20.0 Å². The molecule has 11 heteroatoms. The van der Waals surface area contributed by atoms with Crippen molar-refractivity contribution in [3.63, 3.8) is 0 Å². The summed E-state index contributed by atoms with van der Waals surface area (Å²) in [6, 6.07) is 6.36. The van der Waals surface area contributed by atoms with Crippen LogP contribution >= 0.6 is 0 Å². The molecule has 4 rings (SSSR count). The Balaban J connectivity index is 0.000000374. The van der Waals surface area contributed by atoms with Crippen molar-refractivity contribution in [2.75, 3.05) is 30.8 Å². The van der Waals surface area contributed by atoms with Gasteiger partial charge in [-0.2, -0.15) is 5.26 Å². The van der Waals surface area contributed by atoms with E-state index in [1.807, 2.05) is 7.05 Å². The molecular weight excluding hydrogens is 429 g/mol. The van der Waals surface area contributed by atoms with Gasteiger partial charge in [0.15, 0.2) is 0 Å². The largest absolute Gasteiger partial charge is 0.447 e. The number of benzene rings is 1. The molecule has 2 amide bonds. The molecule has 1 saturated heterocycles. The number of hydrogen-bond donors (Lipinski definition) is 2. The Bertz CT molecular complexity index is 1180. The summed E-state index contributed by atoms with van der Waals surface area (Å²) in [5.41, 5.74) is 1.41. The van der Waals surface area contributed by atoms with Gasteiger partial charge in [-0.3, -0.25) is 14.5 Å². The van der Waals surface area contributed by atoms with Crippen LogP contribution < -0.4 is 10.6 Å². The van der Waals surface area contributed by atoms with Crippen molar-refractivity contribution in [2.24, 2.45) is 5.92 Å². The van der Waals surface area contributed by atoms with Crippen molar-refractivity contribution in [3.05, 3.63) is 42.6 Å². The standard InChI is InChI=1S/C17H16FN5O3.C5H8N2/c1-10(2)26-17(25)21-12-6-19-16-22-15(8-23(16)7-12)13-5-11(20-9-24)3-4-14(13)18;1-7-3-5(2-6)4-7/h3-10H,1-2H3,(H,20,24)(H,21,25);5H,3-4H2,1H3. The van der Waals surface area contributed by atoms with Gasteiger partial charge >= 0.3 is 6.09 Å². The van der Waals surface area contributed by atoms with Crippen molar-refractivity contribution >= 4 is 29.7 Å². The molecule has 0 bridgehead atoms. The van der Waals surface area contributed by atoms with Crippen molar-refractivity contribution in [1.29, 1.82) is 5.26 Å². The number of likely N-dealkylation sites (tertiary alicyclic amines) is 1. The molecular formula is C22H24FN7O3. The second-order valence-electron chi connectivity index (χ2n) is 7.76. The van der Waals surface area contributed by atoms with E-state index in [1.54, 1.807) is 30.6 Å². The summed E-state index contributed by atoms with van der Waals surface area (Å²) in [5, 5.41) is 13.2. The molecule has 0 unspecified atom stereocenters. The number of carbonyl (C=O) groups excluding carboxylic acids is 2. The maximum absolute atomic E-state index is 14.1. The van der Waals surface area contributed by atoms with E-state index in [9.17, 15) is 14.0 Å². The summed E-state index contributed by atoms with van der Waals surface area (Å²) in [4.78, 5) is 32.8. The van der Waals surface area contributed by atoms with Crippen LogP contribution in [0.15, 0.2) is 36.8 Å². The van der Waals surface area contributed by atoms with Crippen LogP contribution in [-0.2, 0) is 9.53 Å². The van der Waals surface area contributed by atoms with Gasteiger partial charge < -0.3 is 15.0 Å². The fourth-order valence-corrected chi connectivity index (χ4v) is 3.10. The van der Waals surface area contributed by atoms with Gasteiger partial charge in [-0.25, -0.2) is 19.2 Å². The fourth-order valence-electron chi connectivity index (χ4n) is 3.10. The molecule has 1 aliphatic rings. The number of nitriles is 1. The Morgan fingerprint density at radius 2 is 2.09 bits per heavy atom. The van der Waals surface area contributed by atoms with E-state index in [1.165, 1.54) is 24.4 Å². The third-order valence-electron chi connectivity index (χ3n) is 4.61. The first-order valence-electron chi connectivity index (χ1n) is 10.2. The molecule has 10 nitrogen and oxygen atoms in total. The predicted molar refractivity (Wildman–Crippen MR) is 120 cm³/mol. The summed E-state index contributed by atoms with van der Waals surface area (Å²) in [7, 11) is 2.02. The average Bonchev–Trinajstić information content (AvgIpc) is 3.16. The number of hydrogen-bond acceptors (Lipinski definition) is 7. The molecule has 1 aliphatic heterocycles. The molecule has 33 heavy (non-hydrogen) atoms. The zero-order valence-corrected chi connectivity index (χ0v) is 18.4. The molecule has 172 valence electrons. The Morgan fingerprint density at radius 1 is 1.33 bits per heavy atom. The van der Waals surface area contributed by atoms with Gasteiger partial charge in [0.1, 0.15) is 5.82 Å². The number of carbonyl (C=O) groups is 2. The number of imidazole rings is 1. The Labute approximate surface area is 190 Å². The maximum atomic E-state index is 14.1. The Hall–Kier alpha value is -4.04. The Kier molecular flexibility index (Phi) is 7.53. The van der Waals surface area contributed by atoms with E-state index in [4.69, 9.17) is 10.00 Å².